The van der Waals surface area contributed by atoms with Gasteiger partial charge in [0.15, 0.2) is 0 Å². The van der Waals surface area contributed by atoms with Gasteiger partial charge in [-0.25, -0.2) is 0 Å². The molecule has 86 valence electrons. The van der Waals surface area contributed by atoms with Crippen LogP contribution in [0.25, 0.3) is 0 Å². The highest BCUT2D eigenvalue weighted by Crippen LogP contribution is 2.21. The fourth-order valence-electron chi connectivity index (χ4n) is 1.82. The second-order valence-electron chi connectivity index (χ2n) is 3.93. The minimum absolute atomic E-state index is 0.110. The van der Waals surface area contributed by atoms with Crippen molar-refractivity contribution < 1.29 is 9.90 Å². The molecule has 0 spiro atoms. The van der Waals surface area contributed by atoms with Gasteiger partial charge in [0.2, 0.25) is 0 Å². The maximum atomic E-state index is 12.0. The molecular weight excluding hydrogens is 272 g/mol. The second kappa shape index (κ2) is 4.43. The number of anilines is 1. The quantitative estimate of drug-likeness (QED) is 0.763. The van der Waals surface area contributed by atoms with Gasteiger partial charge in [-0.05, 0) is 24.6 Å². The van der Waals surface area contributed by atoms with Crippen LogP contribution in [0, 0.1) is 0 Å². The number of aliphatic hydroxyl groups is 1. The third-order valence-corrected chi connectivity index (χ3v) is 3.19. The van der Waals surface area contributed by atoms with Crippen LogP contribution in [0.3, 0.4) is 0 Å². The third-order valence-electron chi connectivity index (χ3n) is 2.69. The summed E-state index contributed by atoms with van der Waals surface area (Å²) in [6, 6.07) is 5.20. The lowest BCUT2D eigenvalue weighted by molar-refractivity contribution is 0.0766. The number of hydrogen-bond donors (Lipinski definition) is 2. The van der Waals surface area contributed by atoms with E-state index in [0.29, 0.717) is 30.8 Å². The first-order valence-electron chi connectivity index (χ1n) is 5.10. The molecule has 0 saturated carbocycles. The fraction of sp³-hybridized carbons (Fsp3) is 0.364. The Hall–Kier alpha value is -1.07. The van der Waals surface area contributed by atoms with Gasteiger partial charge in [0, 0.05) is 23.2 Å². The lowest BCUT2D eigenvalue weighted by Gasteiger charge is -2.16. The Bertz CT molecular complexity index is 422. The number of nitrogens with two attached hydrogens (primary N) is 1. The summed E-state index contributed by atoms with van der Waals surface area (Å²) in [5, 5.41) is 9.38. The maximum absolute atomic E-state index is 12.0. The van der Waals surface area contributed by atoms with Gasteiger partial charge in [-0.15, -0.1) is 0 Å². The Morgan fingerprint density at radius 2 is 2.31 bits per heavy atom. The van der Waals surface area contributed by atoms with Gasteiger partial charge in [0.25, 0.3) is 5.91 Å². The predicted molar refractivity (Wildman–Crippen MR) is 65.1 cm³/mol. The summed E-state index contributed by atoms with van der Waals surface area (Å²) in [6.45, 7) is 0.990. The topological polar surface area (TPSA) is 66.6 Å². The zero-order chi connectivity index (χ0) is 11.7. The molecule has 0 radical (unpaired) electrons. The molecule has 5 heteroatoms. The number of amides is 1. The molecule has 1 atom stereocenters. The monoisotopic (exact) mass is 284 g/mol. The molecule has 0 unspecified atom stereocenters. The summed E-state index contributed by atoms with van der Waals surface area (Å²) in [5.41, 5.74) is 6.74. The van der Waals surface area contributed by atoms with Gasteiger partial charge in [-0.1, -0.05) is 15.9 Å². The number of halogens is 1. The van der Waals surface area contributed by atoms with E-state index in [4.69, 9.17) is 5.73 Å². The van der Waals surface area contributed by atoms with E-state index in [9.17, 15) is 9.90 Å². The average Bonchev–Trinajstić information content (AvgIpc) is 2.64. The van der Waals surface area contributed by atoms with E-state index in [-0.39, 0.29) is 5.91 Å². The summed E-state index contributed by atoms with van der Waals surface area (Å²) >= 11 is 3.29. The van der Waals surface area contributed by atoms with E-state index in [0.717, 1.165) is 4.47 Å². The normalized spacial score (nSPS) is 20.1. The number of nitrogen functional groups attached to an aromatic ring is 1. The number of benzene rings is 1. The summed E-state index contributed by atoms with van der Waals surface area (Å²) < 4.78 is 0.850. The number of β-amino-alcohol motifs (C(OH)–C–C–N with tert-alkyl or cyclic N) is 1. The highest BCUT2D eigenvalue weighted by atomic mass is 79.9. The molecule has 0 aliphatic carbocycles. The van der Waals surface area contributed by atoms with Crippen molar-refractivity contribution in [3.8, 4) is 0 Å². The van der Waals surface area contributed by atoms with Gasteiger partial charge >= 0.3 is 0 Å². The summed E-state index contributed by atoms with van der Waals surface area (Å²) in [6.07, 6.45) is 0.239. The van der Waals surface area contributed by atoms with Crippen molar-refractivity contribution in [2.24, 2.45) is 0 Å². The maximum Gasteiger partial charge on any atom is 0.256 e. The van der Waals surface area contributed by atoms with Crippen LogP contribution in [0.15, 0.2) is 22.7 Å². The first-order chi connectivity index (χ1) is 7.58. The van der Waals surface area contributed by atoms with Crippen molar-refractivity contribution in [2.75, 3.05) is 18.8 Å². The van der Waals surface area contributed by atoms with Crippen LogP contribution in [0.5, 0.6) is 0 Å². The van der Waals surface area contributed by atoms with Crippen LogP contribution in [0.2, 0.25) is 0 Å². The lowest BCUT2D eigenvalue weighted by atomic mass is 10.1. The highest BCUT2D eigenvalue weighted by Gasteiger charge is 2.26. The van der Waals surface area contributed by atoms with Crippen molar-refractivity contribution in [3.63, 3.8) is 0 Å². The zero-order valence-electron chi connectivity index (χ0n) is 8.69. The molecular formula is C11H13BrN2O2. The highest BCUT2D eigenvalue weighted by molar-refractivity contribution is 9.10. The van der Waals surface area contributed by atoms with E-state index < -0.39 is 6.10 Å². The van der Waals surface area contributed by atoms with E-state index >= 15 is 0 Å². The Balaban J connectivity index is 2.21. The Labute approximate surface area is 102 Å². The first kappa shape index (κ1) is 11.4. The molecule has 1 aromatic carbocycles. The van der Waals surface area contributed by atoms with Gasteiger partial charge < -0.3 is 15.7 Å². The van der Waals surface area contributed by atoms with E-state index in [1.165, 1.54) is 0 Å². The molecule has 4 nitrogen and oxygen atoms in total. The molecule has 1 fully saturated rings. The van der Waals surface area contributed by atoms with Crippen LogP contribution in [-0.4, -0.2) is 35.1 Å². The van der Waals surface area contributed by atoms with E-state index in [1.54, 1.807) is 23.1 Å². The number of hydrogen-bond acceptors (Lipinski definition) is 3. The summed E-state index contributed by atoms with van der Waals surface area (Å²) in [7, 11) is 0. The minimum atomic E-state index is -0.402. The standard InChI is InChI=1S/C11H13BrN2O2/c12-7-1-2-9(10(13)5-7)11(16)14-4-3-8(15)6-14/h1-2,5,8,15H,3-4,6,13H2/t8-/m0/s1. The third kappa shape index (κ3) is 2.20. The fourth-order valence-corrected chi connectivity index (χ4v) is 2.20. The van der Waals surface area contributed by atoms with Crippen molar-refractivity contribution in [3.05, 3.63) is 28.2 Å². The number of carbonyl (C=O) groups is 1. The molecule has 2 rings (SSSR count). The first-order valence-corrected chi connectivity index (χ1v) is 5.89. The van der Waals surface area contributed by atoms with Crippen LogP contribution in [-0.2, 0) is 0 Å². The van der Waals surface area contributed by atoms with Gasteiger partial charge in [-0.3, -0.25) is 4.79 Å². The predicted octanol–water partition coefficient (Wildman–Crippen LogP) is 1.24. The van der Waals surface area contributed by atoms with Gasteiger partial charge in [0.1, 0.15) is 0 Å². The van der Waals surface area contributed by atoms with Crippen LogP contribution >= 0.6 is 15.9 Å². The largest absolute Gasteiger partial charge is 0.398 e. The minimum Gasteiger partial charge on any atom is -0.398 e. The number of rotatable bonds is 1. The van der Waals surface area contributed by atoms with Crippen molar-refractivity contribution in [2.45, 2.75) is 12.5 Å². The molecule has 0 aromatic heterocycles. The lowest BCUT2D eigenvalue weighted by Crippen LogP contribution is -2.30. The summed E-state index contributed by atoms with van der Waals surface area (Å²) in [5.74, 6) is -0.110. The summed E-state index contributed by atoms with van der Waals surface area (Å²) in [4.78, 5) is 13.7. The van der Waals surface area contributed by atoms with E-state index in [1.807, 2.05) is 0 Å². The van der Waals surface area contributed by atoms with Crippen molar-refractivity contribution in [1.82, 2.24) is 4.90 Å². The molecule has 1 aliphatic rings. The zero-order valence-corrected chi connectivity index (χ0v) is 10.3. The molecule has 16 heavy (non-hydrogen) atoms. The molecule has 3 N–H and O–H groups in total. The molecule has 1 aromatic rings. The smallest absolute Gasteiger partial charge is 0.256 e. The van der Waals surface area contributed by atoms with Gasteiger partial charge in [-0.2, -0.15) is 0 Å². The van der Waals surface area contributed by atoms with Crippen LogP contribution in [0.4, 0.5) is 5.69 Å². The Morgan fingerprint density at radius 1 is 1.56 bits per heavy atom. The average molecular weight is 285 g/mol. The van der Waals surface area contributed by atoms with Crippen molar-refractivity contribution in [1.29, 1.82) is 0 Å². The van der Waals surface area contributed by atoms with Crippen LogP contribution in [0.1, 0.15) is 16.8 Å². The van der Waals surface area contributed by atoms with Crippen LogP contribution < -0.4 is 5.73 Å². The second-order valence-corrected chi connectivity index (χ2v) is 4.84. The number of carbonyl (C=O) groups excluding carboxylic acids is 1. The molecule has 0 bridgehead atoms. The van der Waals surface area contributed by atoms with Gasteiger partial charge in [0.05, 0.1) is 11.7 Å². The number of likely N-dealkylation sites (tertiary alicyclic amines) is 1. The molecule has 1 amide bonds. The molecule has 1 saturated heterocycles. The Kier molecular flexibility index (Phi) is 3.16. The number of nitrogens with zero attached hydrogens (tertiary/aromatic N) is 1. The van der Waals surface area contributed by atoms with Crippen molar-refractivity contribution >= 4 is 27.5 Å². The van der Waals surface area contributed by atoms with E-state index in [2.05, 4.69) is 15.9 Å². The molecule has 1 aliphatic heterocycles. The molecule has 1 heterocycles. The number of aliphatic hydroxyl groups excluding tert-OH is 1. The Morgan fingerprint density at radius 3 is 2.88 bits per heavy atom. The SMILES string of the molecule is Nc1cc(Br)ccc1C(=O)N1CC[C@H](O)C1.